The molecule has 3 aromatic rings. The van der Waals surface area contributed by atoms with E-state index in [0.29, 0.717) is 6.54 Å². The number of carbonyl (C=O) groups is 2. The second-order valence-electron chi connectivity index (χ2n) is 7.25. The van der Waals surface area contributed by atoms with E-state index >= 15 is 0 Å². The molecule has 1 aromatic heterocycles. The van der Waals surface area contributed by atoms with Crippen molar-refractivity contribution in [3.63, 3.8) is 0 Å². The van der Waals surface area contributed by atoms with Crippen LogP contribution >= 0.6 is 23.1 Å². The zero-order valence-electron chi connectivity index (χ0n) is 15.7. The van der Waals surface area contributed by atoms with Crippen LogP contribution < -0.4 is 5.32 Å². The molecule has 4 nitrogen and oxygen atoms in total. The summed E-state index contributed by atoms with van der Waals surface area (Å²) >= 11 is 3.24. The minimum absolute atomic E-state index is 0.0303. The number of nitrogens with zero attached hydrogens (tertiary/aromatic N) is 1. The van der Waals surface area contributed by atoms with Gasteiger partial charge < -0.3 is 10.2 Å². The Morgan fingerprint density at radius 1 is 1.07 bits per heavy atom. The number of nitrogens with one attached hydrogen (secondary N) is 1. The number of anilines is 1. The van der Waals surface area contributed by atoms with Crippen LogP contribution in [0.25, 0.3) is 0 Å². The van der Waals surface area contributed by atoms with E-state index in [4.69, 9.17) is 0 Å². The van der Waals surface area contributed by atoms with Gasteiger partial charge in [0.2, 0.25) is 11.8 Å². The van der Waals surface area contributed by atoms with Gasteiger partial charge in [-0.05, 0) is 41.1 Å². The minimum Gasteiger partial charge on any atom is -0.331 e. The third kappa shape index (κ3) is 3.47. The topological polar surface area (TPSA) is 49.4 Å². The first-order valence-corrected chi connectivity index (χ1v) is 11.4. The number of rotatable bonds is 3. The number of thioether (sulfide) groups is 1. The van der Waals surface area contributed by atoms with Crippen LogP contribution in [0.2, 0.25) is 0 Å². The maximum atomic E-state index is 13.4. The lowest BCUT2D eigenvalue weighted by atomic mass is 9.93. The molecular weight excluding hydrogens is 400 g/mol. The summed E-state index contributed by atoms with van der Waals surface area (Å²) in [6.07, 6.45) is 1.07. The van der Waals surface area contributed by atoms with Crippen LogP contribution in [-0.4, -0.2) is 28.5 Å². The summed E-state index contributed by atoms with van der Waals surface area (Å²) in [5.41, 5.74) is 3.16. The van der Waals surface area contributed by atoms with Crippen LogP contribution in [0.3, 0.4) is 0 Å². The standard InChI is InChI=1S/C23H20N2O2S2/c26-21(14-20-23(27)24-17-8-4-5-9-19(17)29-20)25-12-10-18-16(11-13-28-18)22(25)15-6-2-1-3-7-15/h1-9,11,13,20,22H,10,12,14H2,(H,24,27)/t20-,22-/m0/s1. The Hall–Kier alpha value is -2.57. The second-order valence-corrected chi connectivity index (χ2v) is 9.49. The maximum absolute atomic E-state index is 13.4. The number of para-hydroxylation sites is 1. The van der Waals surface area contributed by atoms with Crippen LogP contribution in [0.15, 0.2) is 70.9 Å². The van der Waals surface area contributed by atoms with Gasteiger partial charge in [-0.15, -0.1) is 23.1 Å². The normalized spacial score (nSPS) is 20.6. The number of benzene rings is 2. The van der Waals surface area contributed by atoms with Crippen LogP contribution in [0.5, 0.6) is 0 Å². The smallest absolute Gasteiger partial charge is 0.238 e. The molecule has 0 bridgehead atoms. The molecule has 1 N–H and O–H groups in total. The molecule has 0 fully saturated rings. The molecule has 2 aliphatic rings. The molecule has 2 atom stereocenters. The molecule has 0 saturated carbocycles. The summed E-state index contributed by atoms with van der Waals surface area (Å²) in [6.45, 7) is 0.682. The van der Waals surface area contributed by atoms with Gasteiger partial charge in [-0.3, -0.25) is 9.59 Å². The van der Waals surface area contributed by atoms with E-state index in [-0.39, 0.29) is 24.3 Å². The lowest BCUT2D eigenvalue weighted by Crippen LogP contribution is -2.42. The molecule has 29 heavy (non-hydrogen) atoms. The fraction of sp³-hybridized carbons (Fsp3) is 0.217. The van der Waals surface area contributed by atoms with Crippen molar-refractivity contribution in [2.45, 2.75) is 29.0 Å². The minimum atomic E-state index is -0.405. The summed E-state index contributed by atoms with van der Waals surface area (Å²) in [7, 11) is 0. The highest BCUT2D eigenvalue weighted by Crippen LogP contribution is 2.40. The molecule has 3 heterocycles. The molecule has 0 saturated heterocycles. The van der Waals surface area contributed by atoms with Gasteiger partial charge in [0, 0.05) is 22.7 Å². The van der Waals surface area contributed by atoms with E-state index < -0.39 is 5.25 Å². The van der Waals surface area contributed by atoms with E-state index in [1.807, 2.05) is 47.4 Å². The summed E-state index contributed by atoms with van der Waals surface area (Å²) in [5.74, 6) is -0.0609. The van der Waals surface area contributed by atoms with Crippen LogP contribution in [0.4, 0.5) is 5.69 Å². The molecule has 2 aliphatic heterocycles. The van der Waals surface area contributed by atoms with Crippen molar-refractivity contribution < 1.29 is 9.59 Å². The predicted molar refractivity (Wildman–Crippen MR) is 117 cm³/mol. The van der Waals surface area contributed by atoms with Gasteiger partial charge in [-0.2, -0.15) is 0 Å². The molecule has 0 unspecified atom stereocenters. The average molecular weight is 421 g/mol. The largest absolute Gasteiger partial charge is 0.331 e. The Balaban J connectivity index is 1.41. The van der Waals surface area contributed by atoms with Crippen molar-refractivity contribution in [2.75, 3.05) is 11.9 Å². The molecule has 0 spiro atoms. The van der Waals surface area contributed by atoms with Crippen molar-refractivity contribution in [1.29, 1.82) is 0 Å². The molecule has 0 radical (unpaired) electrons. The third-order valence-corrected chi connectivity index (χ3v) is 7.74. The molecule has 2 aromatic carbocycles. The number of fused-ring (bicyclic) bond motifs is 2. The van der Waals surface area contributed by atoms with E-state index in [1.54, 1.807) is 11.3 Å². The molecule has 5 rings (SSSR count). The van der Waals surface area contributed by atoms with Crippen molar-refractivity contribution in [1.82, 2.24) is 4.90 Å². The summed E-state index contributed by atoms with van der Waals surface area (Å²) in [6, 6.07) is 20.0. The zero-order chi connectivity index (χ0) is 19.8. The fourth-order valence-electron chi connectivity index (χ4n) is 4.08. The van der Waals surface area contributed by atoms with Crippen molar-refractivity contribution in [2.24, 2.45) is 0 Å². The average Bonchev–Trinajstić information content (AvgIpc) is 3.23. The zero-order valence-corrected chi connectivity index (χ0v) is 17.3. The molecule has 6 heteroatoms. The first-order chi connectivity index (χ1) is 14.2. The van der Waals surface area contributed by atoms with Gasteiger partial charge in [0.1, 0.15) is 0 Å². The lowest BCUT2D eigenvalue weighted by Gasteiger charge is -2.37. The highest BCUT2D eigenvalue weighted by atomic mass is 32.2. The molecule has 0 aliphatic carbocycles. The lowest BCUT2D eigenvalue weighted by molar-refractivity contribution is -0.134. The fourth-order valence-corrected chi connectivity index (χ4v) is 6.09. The first-order valence-electron chi connectivity index (χ1n) is 9.68. The number of carbonyl (C=O) groups excluding carboxylic acids is 2. The van der Waals surface area contributed by atoms with Crippen LogP contribution in [-0.2, 0) is 16.0 Å². The summed E-state index contributed by atoms with van der Waals surface area (Å²) in [4.78, 5) is 30.3. The quantitative estimate of drug-likeness (QED) is 0.667. The van der Waals surface area contributed by atoms with Gasteiger partial charge in [-0.25, -0.2) is 0 Å². The summed E-state index contributed by atoms with van der Waals surface area (Å²) in [5, 5.41) is 4.65. The summed E-state index contributed by atoms with van der Waals surface area (Å²) < 4.78 is 0. The van der Waals surface area contributed by atoms with Gasteiger partial charge in [-0.1, -0.05) is 42.5 Å². The van der Waals surface area contributed by atoms with Crippen LogP contribution in [0, 0.1) is 0 Å². The van der Waals surface area contributed by atoms with Gasteiger partial charge in [0.05, 0.1) is 17.0 Å². The Kier molecular flexibility index (Phi) is 4.89. The Morgan fingerprint density at radius 2 is 1.86 bits per heavy atom. The van der Waals surface area contributed by atoms with Gasteiger partial charge in [0.25, 0.3) is 0 Å². The Morgan fingerprint density at radius 3 is 2.72 bits per heavy atom. The first kappa shape index (κ1) is 18.5. The number of hydrogen-bond acceptors (Lipinski definition) is 4. The number of hydrogen-bond donors (Lipinski definition) is 1. The maximum Gasteiger partial charge on any atom is 0.238 e. The van der Waals surface area contributed by atoms with Crippen LogP contribution in [0.1, 0.15) is 28.5 Å². The number of amides is 2. The molecule has 2 amide bonds. The number of thiophene rings is 1. The Labute approximate surface area is 177 Å². The van der Waals surface area contributed by atoms with Gasteiger partial charge >= 0.3 is 0 Å². The highest BCUT2D eigenvalue weighted by molar-refractivity contribution is 8.01. The Bertz CT molecular complexity index is 1060. The van der Waals surface area contributed by atoms with Crippen molar-refractivity contribution in [3.05, 3.63) is 82.0 Å². The molecular formula is C23H20N2O2S2. The monoisotopic (exact) mass is 420 g/mol. The van der Waals surface area contributed by atoms with E-state index in [0.717, 1.165) is 22.6 Å². The highest BCUT2D eigenvalue weighted by Gasteiger charge is 2.36. The van der Waals surface area contributed by atoms with E-state index in [1.165, 1.54) is 22.2 Å². The van der Waals surface area contributed by atoms with E-state index in [2.05, 4.69) is 28.9 Å². The van der Waals surface area contributed by atoms with Crippen molar-refractivity contribution >= 4 is 40.6 Å². The predicted octanol–water partition coefficient (Wildman–Crippen LogP) is 4.73. The van der Waals surface area contributed by atoms with E-state index in [9.17, 15) is 9.59 Å². The third-order valence-electron chi connectivity index (χ3n) is 5.47. The second kappa shape index (κ2) is 7.69. The SMILES string of the molecule is O=C1Nc2ccccc2S[C@H]1CC(=O)N1CCc2sccc2[C@@H]1c1ccccc1. The van der Waals surface area contributed by atoms with Gasteiger partial charge in [0.15, 0.2) is 0 Å². The van der Waals surface area contributed by atoms with Crippen molar-refractivity contribution in [3.8, 4) is 0 Å². The molecule has 146 valence electrons.